The summed E-state index contributed by atoms with van der Waals surface area (Å²) in [5.41, 5.74) is 5.99. The molecule has 0 heterocycles. The van der Waals surface area contributed by atoms with Gasteiger partial charge in [0.1, 0.15) is 5.82 Å². The largest absolute Gasteiger partial charge is 0.399 e. The van der Waals surface area contributed by atoms with E-state index >= 15 is 0 Å². The van der Waals surface area contributed by atoms with Crippen LogP contribution in [0.25, 0.3) is 0 Å². The molecule has 0 aliphatic carbocycles. The normalized spacial score (nSPS) is 10.4. The Morgan fingerprint density at radius 3 is 2.67 bits per heavy atom. The number of benzene rings is 2. The lowest BCUT2D eigenvalue weighted by Crippen LogP contribution is -2.15. The third-order valence-corrected chi connectivity index (χ3v) is 4.26. The summed E-state index contributed by atoms with van der Waals surface area (Å²) in [5.74, 6) is -0.751. The van der Waals surface area contributed by atoms with E-state index < -0.39 is 5.82 Å². The fourth-order valence-corrected chi connectivity index (χ4v) is 2.64. The SMILES string of the molecule is Nc1ccc(F)c(NC(=O)CSc2ccc(Cl)c(Cl)c2)c1. The summed E-state index contributed by atoms with van der Waals surface area (Å²) in [6.07, 6.45) is 0. The number of nitrogens with two attached hydrogens (primary N) is 1. The van der Waals surface area contributed by atoms with Crippen molar-refractivity contribution in [2.45, 2.75) is 4.90 Å². The van der Waals surface area contributed by atoms with Gasteiger partial charge in [-0.05, 0) is 36.4 Å². The molecule has 0 saturated carbocycles. The maximum atomic E-state index is 13.5. The van der Waals surface area contributed by atoms with E-state index in [1.807, 2.05) is 0 Å². The highest BCUT2D eigenvalue weighted by atomic mass is 35.5. The van der Waals surface area contributed by atoms with Crippen LogP contribution in [0.1, 0.15) is 0 Å². The van der Waals surface area contributed by atoms with E-state index in [1.165, 1.54) is 30.0 Å². The summed E-state index contributed by atoms with van der Waals surface area (Å²) in [6.45, 7) is 0. The highest BCUT2D eigenvalue weighted by Crippen LogP contribution is 2.28. The van der Waals surface area contributed by atoms with E-state index in [2.05, 4.69) is 5.32 Å². The van der Waals surface area contributed by atoms with Crippen LogP contribution < -0.4 is 11.1 Å². The maximum absolute atomic E-state index is 13.5. The first-order valence-electron chi connectivity index (χ1n) is 5.88. The first-order valence-corrected chi connectivity index (χ1v) is 7.62. The topological polar surface area (TPSA) is 55.1 Å². The Hall–Kier alpha value is -1.43. The minimum absolute atomic E-state index is 0.0646. The van der Waals surface area contributed by atoms with E-state index in [1.54, 1.807) is 18.2 Å². The molecule has 2 rings (SSSR count). The van der Waals surface area contributed by atoms with Crippen molar-refractivity contribution >= 4 is 52.2 Å². The molecule has 2 aromatic carbocycles. The van der Waals surface area contributed by atoms with Gasteiger partial charge in [0, 0.05) is 10.6 Å². The molecule has 0 aliphatic heterocycles. The minimum Gasteiger partial charge on any atom is -0.399 e. The molecule has 3 nitrogen and oxygen atoms in total. The summed E-state index contributed by atoms with van der Waals surface area (Å²) < 4.78 is 13.5. The van der Waals surface area contributed by atoms with Crippen LogP contribution in [0.2, 0.25) is 10.0 Å². The standard InChI is InChI=1S/C14H11Cl2FN2OS/c15-10-3-2-9(6-11(10)16)21-7-14(20)19-13-5-8(18)1-4-12(13)17/h1-6H,7,18H2,(H,19,20). The van der Waals surface area contributed by atoms with Gasteiger partial charge in [0.25, 0.3) is 0 Å². The van der Waals surface area contributed by atoms with Crippen molar-refractivity contribution in [3.05, 3.63) is 52.3 Å². The zero-order chi connectivity index (χ0) is 15.4. The summed E-state index contributed by atoms with van der Waals surface area (Å²) in [4.78, 5) is 12.6. The third kappa shape index (κ3) is 4.52. The second-order valence-electron chi connectivity index (χ2n) is 4.15. The van der Waals surface area contributed by atoms with Crippen LogP contribution in [0.15, 0.2) is 41.3 Å². The van der Waals surface area contributed by atoms with Crippen molar-refractivity contribution in [2.24, 2.45) is 0 Å². The molecule has 0 saturated heterocycles. The van der Waals surface area contributed by atoms with Gasteiger partial charge in [-0.1, -0.05) is 23.2 Å². The second kappa shape index (κ2) is 7.02. The molecule has 1 amide bonds. The molecular formula is C14H11Cl2FN2OS. The molecule has 0 aliphatic rings. The molecule has 0 spiro atoms. The molecule has 2 aromatic rings. The molecule has 110 valence electrons. The fourth-order valence-electron chi connectivity index (χ4n) is 1.54. The number of anilines is 2. The number of carbonyl (C=O) groups is 1. The average Bonchev–Trinajstić information content (AvgIpc) is 2.44. The Morgan fingerprint density at radius 1 is 1.19 bits per heavy atom. The molecule has 0 aromatic heterocycles. The summed E-state index contributed by atoms with van der Waals surface area (Å²) in [7, 11) is 0. The first-order chi connectivity index (χ1) is 9.95. The zero-order valence-corrected chi connectivity index (χ0v) is 13.0. The van der Waals surface area contributed by atoms with Crippen molar-refractivity contribution in [1.82, 2.24) is 0 Å². The number of amides is 1. The lowest BCUT2D eigenvalue weighted by Gasteiger charge is -2.07. The molecule has 0 atom stereocenters. The van der Waals surface area contributed by atoms with Gasteiger partial charge >= 0.3 is 0 Å². The highest BCUT2D eigenvalue weighted by Gasteiger charge is 2.09. The lowest BCUT2D eigenvalue weighted by atomic mass is 10.2. The lowest BCUT2D eigenvalue weighted by molar-refractivity contribution is -0.113. The van der Waals surface area contributed by atoms with E-state index in [0.717, 1.165) is 4.90 Å². The number of hydrogen-bond acceptors (Lipinski definition) is 3. The van der Waals surface area contributed by atoms with E-state index in [4.69, 9.17) is 28.9 Å². The van der Waals surface area contributed by atoms with Crippen molar-refractivity contribution in [3.8, 4) is 0 Å². The van der Waals surface area contributed by atoms with Crippen LogP contribution in [-0.2, 0) is 4.79 Å². The van der Waals surface area contributed by atoms with Gasteiger partial charge in [0.2, 0.25) is 5.91 Å². The van der Waals surface area contributed by atoms with Crippen LogP contribution in [0.4, 0.5) is 15.8 Å². The van der Waals surface area contributed by atoms with Crippen molar-refractivity contribution in [1.29, 1.82) is 0 Å². The van der Waals surface area contributed by atoms with Crippen LogP contribution in [-0.4, -0.2) is 11.7 Å². The van der Waals surface area contributed by atoms with Crippen LogP contribution in [0.3, 0.4) is 0 Å². The second-order valence-corrected chi connectivity index (χ2v) is 6.02. The van der Waals surface area contributed by atoms with Crippen molar-refractivity contribution in [2.75, 3.05) is 16.8 Å². The summed E-state index contributed by atoms with van der Waals surface area (Å²) in [5, 5.41) is 3.34. The number of nitrogens with one attached hydrogen (secondary N) is 1. The molecular weight excluding hydrogens is 334 g/mol. The van der Waals surface area contributed by atoms with Crippen molar-refractivity contribution in [3.63, 3.8) is 0 Å². The predicted molar refractivity (Wildman–Crippen MR) is 86.6 cm³/mol. The third-order valence-electron chi connectivity index (χ3n) is 2.53. The van der Waals surface area contributed by atoms with Gasteiger partial charge < -0.3 is 11.1 Å². The number of nitrogen functional groups attached to an aromatic ring is 1. The number of rotatable bonds is 4. The van der Waals surface area contributed by atoms with E-state index in [-0.39, 0.29) is 17.3 Å². The molecule has 7 heteroatoms. The van der Waals surface area contributed by atoms with Gasteiger partial charge in [0.15, 0.2) is 0 Å². The zero-order valence-electron chi connectivity index (χ0n) is 10.7. The van der Waals surface area contributed by atoms with Gasteiger partial charge in [-0.15, -0.1) is 11.8 Å². The van der Waals surface area contributed by atoms with Gasteiger partial charge in [-0.3, -0.25) is 4.79 Å². The summed E-state index contributed by atoms with van der Waals surface area (Å²) >= 11 is 13.0. The number of carbonyl (C=O) groups excluding carboxylic acids is 1. The quantitative estimate of drug-likeness (QED) is 0.636. The smallest absolute Gasteiger partial charge is 0.234 e. The Labute approximate surface area is 135 Å². The number of thioether (sulfide) groups is 1. The molecule has 3 N–H and O–H groups in total. The Bertz CT molecular complexity index is 682. The predicted octanol–water partition coefficient (Wildman–Crippen LogP) is 4.45. The average molecular weight is 345 g/mol. The number of hydrogen-bond donors (Lipinski definition) is 2. The van der Waals surface area contributed by atoms with Crippen LogP contribution in [0.5, 0.6) is 0 Å². The highest BCUT2D eigenvalue weighted by molar-refractivity contribution is 8.00. The Kier molecular flexibility index (Phi) is 5.33. The molecule has 0 fully saturated rings. The van der Waals surface area contributed by atoms with Gasteiger partial charge in [-0.25, -0.2) is 4.39 Å². The van der Waals surface area contributed by atoms with Gasteiger partial charge in [-0.2, -0.15) is 0 Å². The van der Waals surface area contributed by atoms with Gasteiger partial charge in [0.05, 0.1) is 21.5 Å². The Balaban J connectivity index is 1.95. The maximum Gasteiger partial charge on any atom is 0.234 e. The monoisotopic (exact) mass is 344 g/mol. The van der Waals surface area contributed by atoms with Crippen LogP contribution in [0, 0.1) is 5.82 Å². The van der Waals surface area contributed by atoms with Crippen LogP contribution >= 0.6 is 35.0 Å². The fraction of sp³-hybridized carbons (Fsp3) is 0.0714. The minimum atomic E-state index is -0.530. The number of halogens is 3. The molecule has 0 unspecified atom stereocenters. The molecule has 21 heavy (non-hydrogen) atoms. The van der Waals surface area contributed by atoms with E-state index in [0.29, 0.717) is 15.7 Å². The van der Waals surface area contributed by atoms with E-state index in [9.17, 15) is 9.18 Å². The Morgan fingerprint density at radius 2 is 1.95 bits per heavy atom. The van der Waals surface area contributed by atoms with Crippen molar-refractivity contribution < 1.29 is 9.18 Å². The molecule has 0 radical (unpaired) electrons. The first kappa shape index (κ1) is 15.9. The molecule has 0 bridgehead atoms. The summed E-state index contributed by atoms with van der Waals surface area (Å²) in [6, 6.07) is 9.08.